The second-order valence-corrected chi connectivity index (χ2v) is 7.95. The Bertz CT molecular complexity index is 1060. The van der Waals surface area contributed by atoms with Crippen LogP contribution in [0.3, 0.4) is 0 Å². The van der Waals surface area contributed by atoms with Gasteiger partial charge in [-0.25, -0.2) is 4.98 Å². The highest BCUT2D eigenvalue weighted by molar-refractivity contribution is 5.66. The van der Waals surface area contributed by atoms with Gasteiger partial charge in [-0.15, -0.1) is 0 Å². The molecule has 142 valence electrons. The van der Waals surface area contributed by atoms with Crippen molar-refractivity contribution < 1.29 is 0 Å². The minimum Gasteiger partial charge on any atom is -0.369 e. The van der Waals surface area contributed by atoms with E-state index in [1.807, 2.05) is 35.0 Å². The molecule has 0 unspecified atom stereocenters. The van der Waals surface area contributed by atoms with E-state index in [1.165, 1.54) is 5.56 Å². The number of nitrogens with zero attached hydrogens (tertiary/aromatic N) is 4. The summed E-state index contributed by atoms with van der Waals surface area (Å²) in [5.74, 6) is 0.931. The zero-order valence-corrected chi connectivity index (χ0v) is 16.6. The lowest BCUT2D eigenvalue weighted by molar-refractivity contribution is 0.590. The monoisotopic (exact) mass is 371 g/mol. The molecule has 0 amide bonds. The molecule has 0 atom stereocenters. The van der Waals surface area contributed by atoms with Crippen LogP contribution in [-0.4, -0.2) is 26.1 Å². The number of aromatic nitrogens is 4. The van der Waals surface area contributed by atoms with Crippen LogP contribution in [0.1, 0.15) is 32.0 Å². The average molecular weight is 371 g/mol. The molecule has 1 aromatic carbocycles. The lowest BCUT2D eigenvalue weighted by atomic mass is 9.86. The lowest BCUT2D eigenvalue weighted by Crippen LogP contribution is -2.11. The first-order chi connectivity index (χ1) is 13.5. The van der Waals surface area contributed by atoms with E-state index in [0.717, 1.165) is 41.4 Å². The molecule has 4 aromatic rings. The smallest absolute Gasteiger partial charge is 0.157 e. The van der Waals surface area contributed by atoms with Crippen molar-refractivity contribution in [1.82, 2.24) is 19.6 Å². The van der Waals surface area contributed by atoms with Crippen LogP contribution in [0.2, 0.25) is 0 Å². The Hall–Kier alpha value is -3.21. The Balaban J connectivity index is 1.60. The Labute approximate surface area is 165 Å². The zero-order chi connectivity index (χ0) is 19.6. The van der Waals surface area contributed by atoms with E-state index in [0.29, 0.717) is 0 Å². The van der Waals surface area contributed by atoms with E-state index >= 15 is 0 Å². The molecule has 0 fully saturated rings. The van der Waals surface area contributed by atoms with Gasteiger partial charge in [-0.1, -0.05) is 51.1 Å². The van der Waals surface area contributed by atoms with E-state index in [2.05, 4.69) is 66.5 Å². The van der Waals surface area contributed by atoms with Crippen molar-refractivity contribution in [2.24, 2.45) is 0 Å². The van der Waals surface area contributed by atoms with Gasteiger partial charge in [-0.3, -0.25) is 4.98 Å². The van der Waals surface area contributed by atoms with Crippen molar-refractivity contribution in [2.45, 2.75) is 32.6 Å². The van der Waals surface area contributed by atoms with Gasteiger partial charge in [-0.2, -0.15) is 9.61 Å². The van der Waals surface area contributed by atoms with Crippen LogP contribution in [0, 0.1) is 0 Å². The van der Waals surface area contributed by atoms with E-state index in [9.17, 15) is 0 Å². The Morgan fingerprint density at radius 3 is 2.50 bits per heavy atom. The largest absolute Gasteiger partial charge is 0.369 e. The van der Waals surface area contributed by atoms with Crippen molar-refractivity contribution in [3.63, 3.8) is 0 Å². The van der Waals surface area contributed by atoms with Crippen molar-refractivity contribution >= 4 is 11.5 Å². The first kappa shape index (κ1) is 18.2. The molecular formula is C23H25N5. The van der Waals surface area contributed by atoms with Crippen LogP contribution in [-0.2, 0) is 11.8 Å². The molecule has 5 nitrogen and oxygen atoms in total. The Kier molecular flexibility index (Phi) is 4.82. The molecule has 28 heavy (non-hydrogen) atoms. The maximum absolute atomic E-state index is 4.77. The highest BCUT2D eigenvalue weighted by Crippen LogP contribution is 2.27. The first-order valence-corrected chi connectivity index (χ1v) is 9.60. The van der Waals surface area contributed by atoms with Crippen molar-refractivity contribution in [2.75, 3.05) is 11.9 Å². The number of fused-ring (bicyclic) bond motifs is 1. The molecule has 0 spiro atoms. The summed E-state index contributed by atoms with van der Waals surface area (Å²) in [6.45, 7) is 7.45. The minimum absolute atomic E-state index is 0.138. The van der Waals surface area contributed by atoms with E-state index in [-0.39, 0.29) is 5.41 Å². The first-order valence-electron chi connectivity index (χ1n) is 9.60. The number of pyridine rings is 1. The standard InChI is InChI=1S/C23H25N5/c1-23(2,3)18-9-7-17(8-10-18)20-16-22(28-21(27-20)12-15-26-28)25-14-11-19-6-4-5-13-24-19/h4-10,12-13,15-16,25H,11,14H2,1-3H3. The lowest BCUT2D eigenvalue weighted by Gasteiger charge is -2.19. The van der Waals surface area contributed by atoms with Gasteiger partial charge in [-0.05, 0) is 23.1 Å². The normalized spacial score (nSPS) is 11.7. The van der Waals surface area contributed by atoms with Gasteiger partial charge in [0, 0.05) is 42.6 Å². The number of nitrogens with one attached hydrogen (secondary N) is 1. The van der Waals surface area contributed by atoms with Crippen LogP contribution in [0.15, 0.2) is 67.0 Å². The summed E-state index contributed by atoms with van der Waals surface area (Å²) in [4.78, 5) is 9.15. The molecule has 5 heteroatoms. The van der Waals surface area contributed by atoms with Gasteiger partial charge in [0.25, 0.3) is 0 Å². The summed E-state index contributed by atoms with van der Waals surface area (Å²) < 4.78 is 1.84. The molecule has 0 saturated carbocycles. The maximum atomic E-state index is 4.77. The van der Waals surface area contributed by atoms with Gasteiger partial charge < -0.3 is 5.32 Å². The quantitative estimate of drug-likeness (QED) is 0.550. The number of rotatable bonds is 5. The zero-order valence-electron chi connectivity index (χ0n) is 16.6. The Morgan fingerprint density at radius 2 is 1.79 bits per heavy atom. The molecule has 0 aliphatic rings. The van der Waals surface area contributed by atoms with Gasteiger partial charge in [0.15, 0.2) is 5.65 Å². The minimum atomic E-state index is 0.138. The number of hydrogen-bond acceptors (Lipinski definition) is 4. The van der Waals surface area contributed by atoms with Crippen LogP contribution in [0.5, 0.6) is 0 Å². The fraction of sp³-hybridized carbons (Fsp3) is 0.261. The van der Waals surface area contributed by atoms with Gasteiger partial charge in [0.2, 0.25) is 0 Å². The average Bonchev–Trinajstić information content (AvgIpc) is 3.17. The van der Waals surface area contributed by atoms with Crippen LogP contribution in [0.25, 0.3) is 16.9 Å². The predicted octanol–water partition coefficient (Wildman–Crippen LogP) is 4.74. The van der Waals surface area contributed by atoms with Gasteiger partial charge in [0.1, 0.15) is 5.82 Å². The third-order valence-electron chi connectivity index (χ3n) is 4.82. The summed E-state index contributed by atoms with van der Waals surface area (Å²) >= 11 is 0. The second kappa shape index (κ2) is 7.43. The summed E-state index contributed by atoms with van der Waals surface area (Å²) in [5.41, 5.74) is 5.39. The molecule has 3 heterocycles. The van der Waals surface area contributed by atoms with Crippen LogP contribution >= 0.6 is 0 Å². The molecule has 4 rings (SSSR count). The SMILES string of the molecule is CC(C)(C)c1ccc(-c2cc(NCCc3ccccn3)n3nccc3n2)cc1. The summed E-state index contributed by atoms with van der Waals surface area (Å²) in [7, 11) is 0. The highest BCUT2D eigenvalue weighted by Gasteiger charge is 2.14. The molecule has 3 aromatic heterocycles. The molecule has 0 radical (unpaired) electrons. The second-order valence-electron chi connectivity index (χ2n) is 7.95. The topological polar surface area (TPSA) is 55.1 Å². The van der Waals surface area contributed by atoms with E-state index in [1.54, 1.807) is 6.20 Å². The number of hydrogen-bond donors (Lipinski definition) is 1. The van der Waals surface area contributed by atoms with Crippen molar-refractivity contribution in [3.05, 3.63) is 78.2 Å². The number of anilines is 1. The summed E-state index contributed by atoms with van der Waals surface area (Å²) in [6.07, 6.45) is 4.45. The Morgan fingerprint density at radius 1 is 0.964 bits per heavy atom. The molecule has 0 bridgehead atoms. The van der Waals surface area contributed by atoms with Gasteiger partial charge >= 0.3 is 0 Å². The van der Waals surface area contributed by atoms with E-state index in [4.69, 9.17) is 4.98 Å². The highest BCUT2D eigenvalue weighted by atomic mass is 15.3. The molecular weight excluding hydrogens is 346 g/mol. The number of benzene rings is 1. The summed E-state index contributed by atoms with van der Waals surface area (Å²) in [5, 5.41) is 7.89. The van der Waals surface area contributed by atoms with Crippen molar-refractivity contribution in [3.8, 4) is 11.3 Å². The fourth-order valence-corrected chi connectivity index (χ4v) is 3.19. The van der Waals surface area contributed by atoms with Crippen LogP contribution < -0.4 is 5.32 Å². The fourth-order valence-electron chi connectivity index (χ4n) is 3.19. The van der Waals surface area contributed by atoms with Crippen molar-refractivity contribution in [1.29, 1.82) is 0 Å². The summed E-state index contributed by atoms with van der Waals surface area (Å²) in [6, 6.07) is 18.6. The molecule has 0 aliphatic carbocycles. The third-order valence-corrected chi connectivity index (χ3v) is 4.82. The van der Waals surface area contributed by atoms with Gasteiger partial charge in [0.05, 0.1) is 11.9 Å². The predicted molar refractivity (Wildman–Crippen MR) is 114 cm³/mol. The third kappa shape index (κ3) is 3.88. The van der Waals surface area contributed by atoms with Crippen LogP contribution in [0.4, 0.5) is 5.82 Å². The molecule has 0 aliphatic heterocycles. The molecule has 0 saturated heterocycles. The molecule has 1 N–H and O–H groups in total. The maximum Gasteiger partial charge on any atom is 0.157 e. The van der Waals surface area contributed by atoms with E-state index < -0.39 is 0 Å².